The third kappa shape index (κ3) is 13.6. The number of anilines is 1. The van der Waals surface area contributed by atoms with Gasteiger partial charge in [-0.3, -0.25) is 13.9 Å². The standard InChI is InChI=1S/C30H41ClN6O14P2/c1-2-8-46-10-12-48-14-15-49-13-11-47-9-7-32-28(40)21-5-3-20(4-6-21)16-33-26-22-17-34-37(27(22)36-30(31)35-26)29-25(39)24(38)23(51-29)18-50-53(44,45)19-52(41,42)43/h1,3-6,17,23-25,29,38-39H,7-16,18-19H2,(H,32,40)(H,44,45)(H,33,35,36)(H2,41,42,43)/t23-,24-,25-,29-/m1/s1. The molecule has 2 aromatic heterocycles. The van der Waals surface area contributed by atoms with Crippen molar-refractivity contribution in [3.8, 4) is 12.3 Å². The molecule has 1 unspecified atom stereocenters. The molecular formula is C30H41ClN6O14P2. The third-order valence-electron chi connectivity index (χ3n) is 7.32. The number of carbonyl (C=O) groups excluding carboxylic acids is 1. The molecule has 0 spiro atoms. The minimum atomic E-state index is -4.88. The van der Waals surface area contributed by atoms with Crippen molar-refractivity contribution in [2.75, 3.05) is 77.2 Å². The van der Waals surface area contributed by atoms with E-state index in [0.29, 0.717) is 63.7 Å². The van der Waals surface area contributed by atoms with E-state index < -0.39 is 52.2 Å². The normalized spacial score (nSPS) is 19.9. The van der Waals surface area contributed by atoms with Gasteiger partial charge in [0.05, 0.1) is 64.4 Å². The summed E-state index contributed by atoms with van der Waals surface area (Å²) in [4.78, 5) is 48.7. The van der Waals surface area contributed by atoms with E-state index in [1.165, 1.54) is 6.20 Å². The summed E-state index contributed by atoms with van der Waals surface area (Å²) in [6.45, 7) is 2.83. The van der Waals surface area contributed by atoms with Crippen LogP contribution in [0.5, 0.6) is 0 Å². The van der Waals surface area contributed by atoms with E-state index in [-0.39, 0.29) is 35.8 Å². The molecule has 1 aromatic carbocycles. The number of hydrogen-bond donors (Lipinski definition) is 7. The van der Waals surface area contributed by atoms with E-state index in [1.807, 2.05) is 0 Å². The van der Waals surface area contributed by atoms with Crippen LogP contribution < -0.4 is 10.6 Å². The Bertz CT molecular complexity index is 1770. The molecule has 20 nitrogen and oxygen atoms in total. The van der Waals surface area contributed by atoms with Gasteiger partial charge in [-0.25, -0.2) is 4.68 Å². The fourth-order valence-electron chi connectivity index (χ4n) is 4.84. The number of halogens is 1. The molecule has 3 aromatic rings. The Morgan fingerprint density at radius 1 is 0.962 bits per heavy atom. The van der Waals surface area contributed by atoms with Crippen molar-refractivity contribution in [1.29, 1.82) is 0 Å². The van der Waals surface area contributed by atoms with Crippen LogP contribution in [0.25, 0.3) is 11.0 Å². The number of nitrogens with zero attached hydrogens (tertiary/aromatic N) is 4. The highest BCUT2D eigenvalue weighted by molar-refractivity contribution is 7.70. The van der Waals surface area contributed by atoms with E-state index in [4.69, 9.17) is 56.0 Å². The summed E-state index contributed by atoms with van der Waals surface area (Å²) in [5.41, 5.74) is 1.36. The minimum absolute atomic E-state index is 0.118. The Labute approximate surface area is 308 Å². The van der Waals surface area contributed by atoms with Crippen LogP contribution in [0, 0.1) is 12.3 Å². The largest absolute Gasteiger partial charge is 0.387 e. The van der Waals surface area contributed by atoms with Gasteiger partial charge >= 0.3 is 15.2 Å². The maximum atomic E-state index is 12.6. The van der Waals surface area contributed by atoms with E-state index >= 15 is 0 Å². The van der Waals surface area contributed by atoms with Crippen LogP contribution in [0.2, 0.25) is 5.28 Å². The van der Waals surface area contributed by atoms with Gasteiger partial charge in [-0.1, -0.05) is 18.1 Å². The van der Waals surface area contributed by atoms with Crippen LogP contribution in [0.3, 0.4) is 0 Å². The lowest BCUT2D eigenvalue weighted by Crippen LogP contribution is -2.33. The number of aliphatic hydroxyl groups excluding tert-OH is 2. The lowest BCUT2D eigenvalue weighted by molar-refractivity contribution is -0.0541. The monoisotopic (exact) mass is 806 g/mol. The van der Waals surface area contributed by atoms with E-state index in [9.17, 15) is 29.0 Å². The van der Waals surface area contributed by atoms with Gasteiger partial charge in [0.15, 0.2) is 17.8 Å². The molecule has 0 radical (unpaired) electrons. The molecule has 7 N–H and O–H groups in total. The number of amides is 1. The zero-order chi connectivity index (χ0) is 38.4. The summed E-state index contributed by atoms with van der Waals surface area (Å²) in [6, 6.07) is 6.84. The highest BCUT2D eigenvalue weighted by Gasteiger charge is 2.46. The number of nitrogens with one attached hydrogen (secondary N) is 2. The number of hydrogen-bond acceptors (Lipinski definition) is 15. The van der Waals surface area contributed by atoms with Crippen molar-refractivity contribution >= 4 is 49.6 Å². The summed E-state index contributed by atoms with van der Waals surface area (Å²) < 4.78 is 56.0. The maximum Gasteiger partial charge on any atom is 0.340 e. The molecule has 1 aliphatic rings. The van der Waals surface area contributed by atoms with Crippen molar-refractivity contribution in [3.05, 3.63) is 46.9 Å². The van der Waals surface area contributed by atoms with E-state index in [2.05, 4.69) is 31.6 Å². The fourth-order valence-corrected chi connectivity index (χ4v) is 7.58. The van der Waals surface area contributed by atoms with E-state index in [1.54, 1.807) is 24.3 Å². The topological polar surface area (TPSA) is 275 Å². The number of terminal acetylenes is 1. The smallest absolute Gasteiger partial charge is 0.340 e. The number of benzene rings is 1. The van der Waals surface area contributed by atoms with Crippen molar-refractivity contribution in [1.82, 2.24) is 25.1 Å². The number of aromatic nitrogens is 4. The van der Waals surface area contributed by atoms with Gasteiger partial charge in [0.2, 0.25) is 5.28 Å². The molecule has 53 heavy (non-hydrogen) atoms. The van der Waals surface area contributed by atoms with Crippen LogP contribution in [-0.4, -0.2) is 141 Å². The lowest BCUT2D eigenvalue weighted by Gasteiger charge is -2.18. The zero-order valence-electron chi connectivity index (χ0n) is 28.2. The molecule has 0 saturated carbocycles. The van der Waals surface area contributed by atoms with Crippen LogP contribution in [0.1, 0.15) is 22.1 Å². The Morgan fingerprint density at radius 2 is 1.60 bits per heavy atom. The van der Waals surface area contributed by atoms with E-state index in [0.717, 1.165) is 10.2 Å². The first-order valence-corrected chi connectivity index (χ1v) is 20.0. The van der Waals surface area contributed by atoms with Crippen LogP contribution >= 0.6 is 26.8 Å². The minimum Gasteiger partial charge on any atom is -0.387 e. The van der Waals surface area contributed by atoms with Gasteiger partial charge in [0, 0.05) is 18.7 Å². The average molecular weight is 807 g/mol. The van der Waals surface area contributed by atoms with Gasteiger partial charge in [0.1, 0.15) is 30.7 Å². The molecule has 3 heterocycles. The third-order valence-corrected chi connectivity index (χ3v) is 10.9. The van der Waals surface area contributed by atoms with Crippen molar-refractivity contribution in [3.63, 3.8) is 0 Å². The summed E-state index contributed by atoms with van der Waals surface area (Å²) >= 11 is 6.19. The summed E-state index contributed by atoms with van der Waals surface area (Å²) in [7, 11) is -9.62. The second-order valence-corrected chi connectivity index (χ2v) is 15.7. The quantitative estimate of drug-likeness (QED) is 0.0297. The second kappa shape index (κ2) is 20.6. The first-order valence-electron chi connectivity index (χ1n) is 16.1. The van der Waals surface area contributed by atoms with Crippen molar-refractivity contribution in [2.24, 2.45) is 0 Å². The highest BCUT2D eigenvalue weighted by atomic mass is 35.5. The van der Waals surface area contributed by atoms with Gasteiger partial charge in [-0.05, 0) is 29.3 Å². The first kappa shape index (κ1) is 42.6. The predicted octanol–water partition coefficient (Wildman–Crippen LogP) is 0.478. The lowest BCUT2D eigenvalue weighted by atomic mass is 10.1. The van der Waals surface area contributed by atoms with Gasteiger partial charge in [0.25, 0.3) is 5.91 Å². The van der Waals surface area contributed by atoms with Gasteiger partial charge in [-0.2, -0.15) is 15.1 Å². The Hall–Kier alpha value is -3.09. The summed E-state index contributed by atoms with van der Waals surface area (Å²) in [5.74, 6) is 0.950. The molecule has 1 aliphatic heterocycles. The molecule has 0 bridgehead atoms. The molecule has 23 heteroatoms. The summed E-state index contributed by atoms with van der Waals surface area (Å²) in [5, 5.41) is 31.5. The number of aliphatic hydroxyl groups is 2. The molecule has 4 rings (SSSR count). The van der Waals surface area contributed by atoms with Crippen molar-refractivity contribution in [2.45, 2.75) is 31.1 Å². The SMILES string of the molecule is C#CCOCCOCCOCCOCCNC(=O)c1ccc(CNc2nc(Cl)nc3c2cnn3[C@@H]2O[C@H](COP(=O)(O)CP(=O)(O)O)[C@@H](O)[C@H]2O)cc1. The Morgan fingerprint density at radius 3 is 2.25 bits per heavy atom. The predicted molar refractivity (Wildman–Crippen MR) is 187 cm³/mol. The summed E-state index contributed by atoms with van der Waals surface area (Å²) in [6.07, 6.45) is 0.528. The van der Waals surface area contributed by atoms with Gasteiger partial charge < -0.3 is 63.7 Å². The molecule has 1 amide bonds. The molecule has 1 saturated heterocycles. The van der Waals surface area contributed by atoms with Crippen LogP contribution in [-0.2, 0) is 43.9 Å². The number of ether oxygens (including phenoxy) is 5. The number of rotatable bonds is 23. The molecule has 292 valence electrons. The first-order chi connectivity index (χ1) is 25.3. The van der Waals surface area contributed by atoms with Crippen LogP contribution in [0.4, 0.5) is 5.82 Å². The second-order valence-electron chi connectivity index (χ2n) is 11.4. The molecule has 1 fully saturated rings. The molecule has 5 atom stereocenters. The van der Waals surface area contributed by atoms with Crippen molar-refractivity contribution < 1.29 is 67.0 Å². The Balaban J connectivity index is 1.21. The number of fused-ring (bicyclic) bond motifs is 1. The Kier molecular flexibility index (Phi) is 16.5. The fraction of sp³-hybridized carbons (Fsp3) is 0.533. The van der Waals surface area contributed by atoms with Gasteiger partial charge in [-0.15, -0.1) is 6.42 Å². The number of carbonyl (C=O) groups is 1. The average Bonchev–Trinajstić information content (AvgIpc) is 3.64. The van der Waals surface area contributed by atoms with Crippen LogP contribution in [0.15, 0.2) is 30.5 Å². The molecular weight excluding hydrogens is 766 g/mol. The molecule has 0 aliphatic carbocycles. The zero-order valence-corrected chi connectivity index (χ0v) is 30.8. The maximum absolute atomic E-state index is 12.6. The highest BCUT2D eigenvalue weighted by Crippen LogP contribution is 2.55.